The summed E-state index contributed by atoms with van der Waals surface area (Å²) in [5, 5.41) is 8.23. The molecule has 92 valence electrons. The Kier molecular flexibility index (Phi) is 11.2. The summed E-state index contributed by atoms with van der Waals surface area (Å²) < 4.78 is 4.87. The molecule has 0 spiro atoms. The maximum atomic E-state index is 10.8. The lowest BCUT2D eigenvalue weighted by molar-refractivity contribution is -0.142. The summed E-state index contributed by atoms with van der Waals surface area (Å²) in [6.45, 7) is 2.69. The van der Waals surface area contributed by atoms with Crippen molar-refractivity contribution in [2.45, 2.75) is 64.7 Å². The third-order valence-corrected chi connectivity index (χ3v) is 2.48. The van der Waals surface area contributed by atoms with Crippen LogP contribution in [0.1, 0.15) is 64.7 Å². The van der Waals surface area contributed by atoms with Gasteiger partial charge in [0.2, 0.25) is 0 Å². The van der Waals surface area contributed by atoms with E-state index in [-0.39, 0.29) is 6.42 Å². The summed E-state index contributed by atoms with van der Waals surface area (Å²) in [6, 6.07) is 1.77. The van der Waals surface area contributed by atoms with Crippen LogP contribution in [0.2, 0.25) is 0 Å². The molecule has 0 fully saturated rings. The van der Waals surface area contributed by atoms with Crippen LogP contribution in [0.25, 0.3) is 0 Å². The van der Waals surface area contributed by atoms with Crippen LogP contribution in [0.5, 0.6) is 0 Å². The quantitative estimate of drug-likeness (QED) is 0.422. The molecular weight excluding hydrogens is 202 g/mol. The number of ether oxygens (including phenoxy) is 1. The van der Waals surface area contributed by atoms with Crippen LogP contribution in [0, 0.1) is 11.3 Å². The van der Waals surface area contributed by atoms with Gasteiger partial charge in [-0.3, -0.25) is 4.79 Å². The number of rotatable bonds is 10. The standard InChI is InChI=1S/C13H23NO2/c1-2-3-4-5-6-7-8-9-12-16-13(15)10-11-14/h2-10,12H2,1H3. The molecular formula is C13H23NO2. The molecule has 0 aliphatic carbocycles. The topological polar surface area (TPSA) is 50.1 Å². The number of unbranched alkanes of at least 4 members (excludes halogenated alkanes) is 7. The Morgan fingerprint density at radius 1 is 1.06 bits per heavy atom. The smallest absolute Gasteiger partial charge is 0.320 e. The van der Waals surface area contributed by atoms with E-state index >= 15 is 0 Å². The van der Waals surface area contributed by atoms with E-state index in [1.807, 2.05) is 0 Å². The first-order valence-electron chi connectivity index (χ1n) is 6.33. The van der Waals surface area contributed by atoms with Crippen LogP contribution in [-0.2, 0) is 9.53 Å². The van der Waals surface area contributed by atoms with Gasteiger partial charge in [-0.15, -0.1) is 0 Å². The van der Waals surface area contributed by atoms with Crippen molar-refractivity contribution in [3.05, 3.63) is 0 Å². The van der Waals surface area contributed by atoms with Gasteiger partial charge in [-0.05, 0) is 6.42 Å². The lowest BCUT2D eigenvalue weighted by Crippen LogP contribution is -2.04. The molecule has 0 saturated heterocycles. The number of hydrogen-bond donors (Lipinski definition) is 0. The van der Waals surface area contributed by atoms with Crippen LogP contribution < -0.4 is 0 Å². The molecule has 0 aliphatic heterocycles. The fourth-order valence-electron chi connectivity index (χ4n) is 1.54. The molecule has 0 atom stereocenters. The highest BCUT2D eigenvalue weighted by molar-refractivity contribution is 5.71. The molecule has 3 nitrogen and oxygen atoms in total. The third-order valence-electron chi connectivity index (χ3n) is 2.48. The zero-order valence-corrected chi connectivity index (χ0v) is 10.3. The highest BCUT2D eigenvalue weighted by Gasteiger charge is 1.99. The van der Waals surface area contributed by atoms with Crippen LogP contribution in [0.3, 0.4) is 0 Å². The molecule has 0 amide bonds. The fraction of sp³-hybridized carbons (Fsp3) is 0.846. The second kappa shape index (κ2) is 12.0. The first-order valence-corrected chi connectivity index (χ1v) is 6.33. The second-order valence-electron chi connectivity index (χ2n) is 4.03. The van der Waals surface area contributed by atoms with Gasteiger partial charge in [-0.1, -0.05) is 51.9 Å². The Labute approximate surface area is 98.8 Å². The summed E-state index contributed by atoms with van der Waals surface area (Å²) in [4.78, 5) is 10.8. The first-order chi connectivity index (χ1) is 7.81. The molecule has 16 heavy (non-hydrogen) atoms. The van der Waals surface area contributed by atoms with Crippen molar-refractivity contribution in [1.82, 2.24) is 0 Å². The van der Waals surface area contributed by atoms with E-state index in [9.17, 15) is 4.79 Å². The normalized spacial score (nSPS) is 9.75. The number of carbonyl (C=O) groups excluding carboxylic acids is 1. The van der Waals surface area contributed by atoms with Gasteiger partial charge in [0.15, 0.2) is 0 Å². The Hall–Kier alpha value is -1.04. The lowest BCUT2D eigenvalue weighted by Gasteiger charge is -2.02. The molecule has 0 saturated carbocycles. The van der Waals surface area contributed by atoms with Gasteiger partial charge in [0.25, 0.3) is 0 Å². The predicted octanol–water partition coefficient (Wildman–Crippen LogP) is 3.58. The maximum Gasteiger partial charge on any atom is 0.320 e. The molecule has 0 aromatic carbocycles. The van der Waals surface area contributed by atoms with E-state index in [1.54, 1.807) is 6.07 Å². The van der Waals surface area contributed by atoms with Crippen molar-refractivity contribution in [2.75, 3.05) is 6.61 Å². The monoisotopic (exact) mass is 225 g/mol. The molecule has 3 heteroatoms. The van der Waals surface area contributed by atoms with E-state index in [0.29, 0.717) is 6.61 Å². The molecule has 0 aromatic heterocycles. The van der Waals surface area contributed by atoms with Crippen molar-refractivity contribution in [3.8, 4) is 6.07 Å². The minimum atomic E-state index is -0.398. The van der Waals surface area contributed by atoms with Gasteiger partial charge in [-0.25, -0.2) is 0 Å². The highest BCUT2D eigenvalue weighted by Crippen LogP contribution is 2.08. The van der Waals surface area contributed by atoms with Crippen molar-refractivity contribution in [2.24, 2.45) is 0 Å². The zero-order chi connectivity index (χ0) is 12.1. The van der Waals surface area contributed by atoms with Crippen molar-refractivity contribution >= 4 is 5.97 Å². The Balaban J connectivity index is 3.04. The Bertz CT molecular complexity index is 208. The van der Waals surface area contributed by atoms with Crippen LogP contribution in [-0.4, -0.2) is 12.6 Å². The predicted molar refractivity (Wildman–Crippen MR) is 63.8 cm³/mol. The summed E-state index contributed by atoms with van der Waals surface area (Å²) in [6.07, 6.45) is 9.70. The number of hydrogen-bond acceptors (Lipinski definition) is 3. The molecule has 0 aromatic rings. The summed E-state index contributed by atoms with van der Waals surface area (Å²) in [5.74, 6) is -0.398. The Morgan fingerprint density at radius 3 is 2.19 bits per heavy atom. The summed E-state index contributed by atoms with van der Waals surface area (Å²) >= 11 is 0. The largest absolute Gasteiger partial charge is 0.465 e. The fourth-order valence-corrected chi connectivity index (χ4v) is 1.54. The average molecular weight is 225 g/mol. The minimum Gasteiger partial charge on any atom is -0.465 e. The number of nitriles is 1. The lowest BCUT2D eigenvalue weighted by atomic mass is 10.1. The minimum absolute atomic E-state index is 0.128. The molecule has 0 bridgehead atoms. The van der Waals surface area contributed by atoms with Crippen molar-refractivity contribution in [1.29, 1.82) is 5.26 Å². The van der Waals surface area contributed by atoms with Crippen LogP contribution >= 0.6 is 0 Å². The van der Waals surface area contributed by atoms with Gasteiger partial charge >= 0.3 is 5.97 Å². The number of esters is 1. The van der Waals surface area contributed by atoms with Crippen LogP contribution in [0.4, 0.5) is 0 Å². The third kappa shape index (κ3) is 11.0. The zero-order valence-electron chi connectivity index (χ0n) is 10.3. The summed E-state index contributed by atoms with van der Waals surface area (Å²) in [7, 11) is 0. The molecule has 0 N–H and O–H groups in total. The molecule has 0 radical (unpaired) electrons. The van der Waals surface area contributed by atoms with E-state index in [1.165, 1.54) is 38.5 Å². The summed E-state index contributed by atoms with van der Waals surface area (Å²) in [5.41, 5.74) is 0. The average Bonchev–Trinajstić information content (AvgIpc) is 2.27. The van der Waals surface area contributed by atoms with Gasteiger partial charge < -0.3 is 4.74 Å². The van der Waals surface area contributed by atoms with Gasteiger partial charge in [0, 0.05) is 0 Å². The SMILES string of the molecule is CCCCCCCCCCOC(=O)CC#N. The van der Waals surface area contributed by atoms with Crippen molar-refractivity contribution in [3.63, 3.8) is 0 Å². The van der Waals surface area contributed by atoms with E-state index in [2.05, 4.69) is 6.92 Å². The maximum absolute atomic E-state index is 10.8. The molecule has 0 rings (SSSR count). The Morgan fingerprint density at radius 2 is 1.62 bits per heavy atom. The van der Waals surface area contributed by atoms with Gasteiger partial charge in [0.1, 0.15) is 6.42 Å². The molecule has 0 heterocycles. The van der Waals surface area contributed by atoms with Gasteiger partial charge in [0.05, 0.1) is 12.7 Å². The number of nitrogens with zero attached hydrogens (tertiary/aromatic N) is 1. The first kappa shape index (κ1) is 15.0. The number of carbonyl (C=O) groups is 1. The molecule has 0 unspecified atom stereocenters. The van der Waals surface area contributed by atoms with E-state index in [0.717, 1.165) is 12.8 Å². The van der Waals surface area contributed by atoms with Crippen molar-refractivity contribution < 1.29 is 9.53 Å². The van der Waals surface area contributed by atoms with Crippen LogP contribution in [0.15, 0.2) is 0 Å². The second-order valence-corrected chi connectivity index (χ2v) is 4.03. The van der Waals surface area contributed by atoms with E-state index < -0.39 is 5.97 Å². The van der Waals surface area contributed by atoms with E-state index in [4.69, 9.17) is 10.00 Å². The van der Waals surface area contributed by atoms with Gasteiger partial charge in [-0.2, -0.15) is 5.26 Å². The highest BCUT2D eigenvalue weighted by atomic mass is 16.5. The molecule has 0 aliphatic rings.